The predicted molar refractivity (Wildman–Crippen MR) is 173 cm³/mol. The van der Waals surface area contributed by atoms with Crippen molar-refractivity contribution in [2.45, 2.75) is 23.8 Å². The minimum Gasteiger partial charge on any atom is -0.337 e. The van der Waals surface area contributed by atoms with Gasteiger partial charge in [0.25, 0.3) is 0 Å². The Balaban J connectivity index is 1.10. The first kappa shape index (κ1) is 24.0. The topological polar surface area (TPSA) is 6.48 Å². The van der Waals surface area contributed by atoms with Gasteiger partial charge in [-0.3, -0.25) is 0 Å². The van der Waals surface area contributed by atoms with Crippen LogP contribution in [0.5, 0.6) is 0 Å². The minimum absolute atomic E-state index is 0.0415. The summed E-state index contributed by atoms with van der Waals surface area (Å²) in [6, 6.07) is 35.6. The fourth-order valence-corrected chi connectivity index (χ4v) is 7.38. The molecule has 4 aliphatic rings. The Hall–Kier alpha value is -4.82. The van der Waals surface area contributed by atoms with Gasteiger partial charge in [0.2, 0.25) is 0 Å². The molecule has 198 valence electrons. The first-order valence-electron chi connectivity index (χ1n) is 14.5. The lowest BCUT2D eigenvalue weighted by Crippen LogP contribution is -2.32. The SMILES string of the molecule is C=C1/C=C\C=C/CN(c2ccc(-c3ccc(N4c5ccccc5C56CC=CC=CC45C6)cc3)cc2)c2ccccc21. The monoisotopic (exact) mass is 528 g/mol. The summed E-state index contributed by atoms with van der Waals surface area (Å²) >= 11 is 0. The Labute approximate surface area is 242 Å². The molecular formula is C39H32N2. The normalized spacial score (nSPS) is 25.1. The van der Waals surface area contributed by atoms with Gasteiger partial charge >= 0.3 is 0 Å². The smallest absolute Gasteiger partial charge is 0.0747 e. The van der Waals surface area contributed by atoms with E-state index in [1.165, 1.54) is 45.9 Å². The summed E-state index contributed by atoms with van der Waals surface area (Å²) in [5.41, 5.74) is 11.3. The fourth-order valence-electron chi connectivity index (χ4n) is 7.38. The summed E-state index contributed by atoms with van der Waals surface area (Å²) in [6.07, 6.45) is 20.0. The summed E-state index contributed by atoms with van der Waals surface area (Å²) in [6.45, 7) is 5.10. The molecule has 2 nitrogen and oxygen atoms in total. The highest BCUT2D eigenvalue weighted by atomic mass is 15.3. The van der Waals surface area contributed by atoms with Crippen molar-refractivity contribution < 1.29 is 0 Å². The van der Waals surface area contributed by atoms with Crippen LogP contribution in [-0.4, -0.2) is 12.1 Å². The third kappa shape index (κ3) is 3.57. The standard InChI is InChI=1S/C39H32N2/c1-29-12-4-2-11-27-40(36-15-7-5-13-34(29)36)32-21-17-30(18-22-32)31-19-23-33(24-20-31)41-37-16-8-6-14-35(37)38-25-9-3-10-26-39(38,41)28-38/h2-24,26H,1,25,27-28H2/b11-2-,12-4-. The Morgan fingerprint density at radius 3 is 2.12 bits per heavy atom. The van der Waals surface area contributed by atoms with Gasteiger partial charge in [0.15, 0.2) is 0 Å². The van der Waals surface area contributed by atoms with Gasteiger partial charge in [-0.1, -0.05) is 116 Å². The molecule has 2 heterocycles. The molecule has 4 aromatic carbocycles. The van der Waals surface area contributed by atoms with E-state index in [0.29, 0.717) is 0 Å². The van der Waals surface area contributed by atoms with Crippen LogP contribution in [0.25, 0.3) is 16.7 Å². The number of hydrogen-bond donors (Lipinski definition) is 0. The number of fused-ring (bicyclic) bond motifs is 2. The highest BCUT2D eigenvalue weighted by Crippen LogP contribution is 2.73. The van der Waals surface area contributed by atoms with Crippen LogP contribution in [-0.2, 0) is 5.41 Å². The van der Waals surface area contributed by atoms with E-state index < -0.39 is 0 Å². The van der Waals surface area contributed by atoms with Gasteiger partial charge in [-0.15, -0.1) is 0 Å². The van der Waals surface area contributed by atoms with E-state index in [0.717, 1.165) is 24.1 Å². The molecule has 0 aromatic heterocycles. The van der Waals surface area contributed by atoms with Gasteiger partial charge in [-0.25, -0.2) is 0 Å². The van der Waals surface area contributed by atoms with Crippen LogP contribution in [0.3, 0.4) is 0 Å². The maximum absolute atomic E-state index is 4.30. The maximum atomic E-state index is 4.30. The van der Waals surface area contributed by atoms with Crippen molar-refractivity contribution >= 4 is 28.3 Å². The highest BCUT2D eigenvalue weighted by molar-refractivity contribution is 5.86. The molecule has 0 N–H and O–H groups in total. The molecule has 0 amide bonds. The first-order chi connectivity index (χ1) is 20.2. The third-order valence-electron chi connectivity index (χ3n) is 9.43. The van der Waals surface area contributed by atoms with E-state index in [4.69, 9.17) is 0 Å². The summed E-state index contributed by atoms with van der Waals surface area (Å²) in [7, 11) is 0. The average molecular weight is 529 g/mol. The van der Waals surface area contributed by atoms with Crippen LogP contribution in [0.15, 0.2) is 152 Å². The molecule has 2 heteroatoms. The van der Waals surface area contributed by atoms with Crippen molar-refractivity contribution in [3.05, 3.63) is 163 Å². The second-order valence-corrected chi connectivity index (χ2v) is 11.6. The number of benzene rings is 4. The van der Waals surface area contributed by atoms with Gasteiger partial charge in [-0.05, 0) is 71.5 Å². The minimum atomic E-state index is 0.0415. The fraction of sp³-hybridized carbons (Fsp3) is 0.128. The molecule has 2 aliphatic heterocycles. The van der Waals surface area contributed by atoms with E-state index in [9.17, 15) is 0 Å². The molecule has 2 atom stereocenters. The van der Waals surface area contributed by atoms with Crippen LogP contribution >= 0.6 is 0 Å². The largest absolute Gasteiger partial charge is 0.337 e. The van der Waals surface area contributed by atoms with E-state index in [-0.39, 0.29) is 11.0 Å². The maximum Gasteiger partial charge on any atom is 0.0747 e. The lowest BCUT2D eigenvalue weighted by Gasteiger charge is -2.30. The van der Waals surface area contributed by atoms with Gasteiger partial charge in [-0.2, -0.15) is 0 Å². The quantitative estimate of drug-likeness (QED) is 0.261. The van der Waals surface area contributed by atoms with E-state index in [1.54, 1.807) is 0 Å². The van der Waals surface area contributed by atoms with E-state index in [2.05, 4.69) is 162 Å². The first-order valence-corrected chi connectivity index (χ1v) is 14.5. The molecule has 2 aliphatic carbocycles. The lowest BCUT2D eigenvalue weighted by molar-refractivity contribution is 0.645. The van der Waals surface area contributed by atoms with Crippen molar-refractivity contribution in [2.24, 2.45) is 0 Å². The summed E-state index contributed by atoms with van der Waals surface area (Å²) in [4.78, 5) is 4.95. The van der Waals surface area contributed by atoms with Crippen LogP contribution in [0, 0.1) is 0 Å². The Bertz CT molecular complexity index is 1790. The number of anilines is 4. The number of para-hydroxylation sites is 2. The predicted octanol–water partition coefficient (Wildman–Crippen LogP) is 9.68. The second kappa shape index (κ2) is 9.11. The van der Waals surface area contributed by atoms with Crippen LogP contribution in [0.1, 0.15) is 24.0 Å². The number of nitrogens with zero attached hydrogens (tertiary/aromatic N) is 2. The molecule has 0 spiro atoms. The number of allylic oxidation sites excluding steroid dienone is 7. The van der Waals surface area contributed by atoms with Crippen molar-refractivity contribution in [3.63, 3.8) is 0 Å². The Morgan fingerprint density at radius 1 is 0.634 bits per heavy atom. The summed E-state index contributed by atoms with van der Waals surface area (Å²) < 4.78 is 0. The van der Waals surface area contributed by atoms with E-state index >= 15 is 0 Å². The van der Waals surface area contributed by atoms with Crippen molar-refractivity contribution in [3.8, 4) is 11.1 Å². The molecule has 2 unspecified atom stereocenters. The lowest BCUT2D eigenvalue weighted by atomic mass is 9.90. The summed E-state index contributed by atoms with van der Waals surface area (Å²) in [5, 5.41) is 0. The van der Waals surface area contributed by atoms with Gasteiger partial charge in [0.05, 0.1) is 5.54 Å². The van der Waals surface area contributed by atoms with Gasteiger partial charge in [0, 0.05) is 40.3 Å². The second-order valence-electron chi connectivity index (χ2n) is 11.6. The molecule has 0 bridgehead atoms. The molecular weight excluding hydrogens is 496 g/mol. The van der Waals surface area contributed by atoms with Crippen LogP contribution < -0.4 is 9.80 Å². The molecule has 4 aromatic rings. The zero-order valence-electron chi connectivity index (χ0n) is 23.1. The van der Waals surface area contributed by atoms with E-state index in [1.807, 2.05) is 0 Å². The molecule has 0 radical (unpaired) electrons. The van der Waals surface area contributed by atoms with Crippen molar-refractivity contribution in [1.29, 1.82) is 0 Å². The van der Waals surface area contributed by atoms with Crippen LogP contribution in [0.2, 0.25) is 0 Å². The third-order valence-corrected chi connectivity index (χ3v) is 9.43. The van der Waals surface area contributed by atoms with Crippen molar-refractivity contribution in [2.75, 3.05) is 16.3 Å². The molecule has 41 heavy (non-hydrogen) atoms. The van der Waals surface area contributed by atoms with Crippen LogP contribution in [0.4, 0.5) is 22.7 Å². The van der Waals surface area contributed by atoms with Gasteiger partial charge < -0.3 is 9.80 Å². The highest BCUT2D eigenvalue weighted by Gasteiger charge is 2.74. The Morgan fingerprint density at radius 2 is 1.32 bits per heavy atom. The molecule has 8 rings (SSSR count). The van der Waals surface area contributed by atoms with Gasteiger partial charge in [0.1, 0.15) is 0 Å². The number of rotatable bonds is 3. The average Bonchev–Trinajstić information content (AvgIpc) is 3.62. The summed E-state index contributed by atoms with van der Waals surface area (Å²) in [5.74, 6) is 0. The molecule has 1 fully saturated rings. The number of hydrogen-bond acceptors (Lipinski definition) is 2. The zero-order valence-corrected chi connectivity index (χ0v) is 23.1. The molecule has 0 saturated heterocycles. The Kier molecular flexibility index (Phi) is 5.33. The zero-order chi connectivity index (χ0) is 27.4. The van der Waals surface area contributed by atoms with Crippen molar-refractivity contribution in [1.82, 2.24) is 0 Å². The molecule has 1 saturated carbocycles.